The Kier molecular flexibility index (Phi) is 6.06. The number of benzene rings is 1. The number of nitrogens with one attached hydrogen (secondary N) is 2. The number of carbonyl (C=O) groups excluding carboxylic acids is 1. The zero-order chi connectivity index (χ0) is 17.5. The monoisotopic (exact) mass is 356 g/mol. The van der Waals surface area contributed by atoms with Gasteiger partial charge in [-0.05, 0) is 42.3 Å². The highest BCUT2D eigenvalue weighted by Gasteiger charge is 2.21. The minimum atomic E-state index is 0.0772. The topological polar surface area (TPSA) is 56.7 Å². The molecule has 0 aliphatic carbocycles. The second-order valence-electron chi connectivity index (χ2n) is 5.96. The number of aryl methyl sites for hydroxylation is 1. The van der Waals surface area contributed by atoms with Gasteiger partial charge in [0.1, 0.15) is 0 Å². The second kappa shape index (κ2) is 8.67. The summed E-state index contributed by atoms with van der Waals surface area (Å²) in [6.45, 7) is 1.82. The first-order chi connectivity index (χ1) is 12.3. The van der Waals surface area contributed by atoms with Gasteiger partial charge in [-0.25, -0.2) is 0 Å². The van der Waals surface area contributed by atoms with Gasteiger partial charge in [-0.15, -0.1) is 11.3 Å². The Balaban J connectivity index is 1.49. The van der Waals surface area contributed by atoms with Crippen LogP contribution in [0, 0.1) is 0 Å². The highest BCUT2D eigenvalue weighted by atomic mass is 32.1. The van der Waals surface area contributed by atoms with Crippen LogP contribution in [-0.2, 0) is 17.6 Å². The Morgan fingerprint density at radius 1 is 1.24 bits per heavy atom. The molecule has 0 saturated heterocycles. The van der Waals surface area contributed by atoms with Gasteiger partial charge in [0.25, 0.3) is 0 Å². The molecule has 6 heteroatoms. The van der Waals surface area contributed by atoms with Gasteiger partial charge in [-0.2, -0.15) is 0 Å². The standard InChI is InChI=1S/C19H24N4OS/c1-20-19(21-11-10-16-8-5-13-25-16)22-14-18(24)23-12-4-7-15-6-2-3-9-17(15)23/h2-3,5-6,8-9,13H,4,7,10-12,14H2,1H3,(H2,20,21,22). The second-order valence-corrected chi connectivity index (χ2v) is 6.99. The maximum Gasteiger partial charge on any atom is 0.246 e. The van der Waals surface area contributed by atoms with E-state index in [-0.39, 0.29) is 12.5 Å². The number of hydrogen-bond acceptors (Lipinski definition) is 3. The molecule has 0 fully saturated rings. The molecule has 1 aliphatic heterocycles. The third-order valence-electron chi connectivity index (χ3n) is 4.29. The minimum Gasteiger partial charge on any atom is -0.356 e. The number of carbonyl (C=O) groups is 1. The smallest absolute Gasteiger partial charge is 0.246 e. The van der Waals surface area contributed by atoms with Crippen LogP contribution in [0.5, 0.6) is 0 Å². The molecule has 2 heterocycles. The SMILES string of the molecule is CN=C(NCCc1cccs1)NCC(=O)N1CCCc2ccccc21. The van der Waals surface area contributed by atoms with Gasteiger partial charge in [-0.1, -0.05) is 24.3 Å². The fourth-order valence-corrected chi connectivity index (χ4v) is 3.74. The largest absolute Gasteiger partial charge is 0.356 e. The number of anilines is 1. The number of rotatable bonds is 5. The summed E-state index contributed by atoms with van der Waals surface area (Å²) in [5, 5.41) is 8.47. The van der Waals surface area contributed by atoms with E-state index in [2.05, 4.69) is 39.2 Å². The summed E-state index contributed by atoms with van der Waals surface area (Å²) < 4.78 is 0. The van der Waals surface area contributed by atoms with Crippen LogP contribution < -0.4 is 15.5 Å². The van der Waals surface area contributed by atoms with Crippen LogP contribution in [-0.4, -0.2) is 38.5 Å². The summed E-state index contributed by atoms with van der Waals surface area (Å²) in [6.07, 6.45) is 3.00. The van der Waals surface area contributed by atoms with Crippen molar-refractivity contribution in [1.82, 2.24) is 10.6 Å². The van der Waals surface area contributed by atoms with Crippen LogP contribution in [0.25, 0.3) is 0 Å². The van der Waals surface area contributed by atoms with Gasteiger partial charge in [0.15, 0.2) is 5.96 Å². The number of amides is 1. The van der Waals surface area contributed by atoms with E-state index in [4.69, 9.17) is 0 Å². The van der Waals surface area contributed by atoms with E-state index >= 15 is 0 Å². The molecule has 1 aromatic carbocycles. The number of para-hydroxylation sites is 1. The Morgan fingerprint density at radius 2 is 2.12 bits per heavy atom. The van der Waals surface area contributed by atoms with Crippen LogP contribution in [0.3, 0.4) is 0 Å². The van der Waals surface area contributed by atoms with Crippen molar-refractivity contribution in [3.8, 4) is 0 Å². The van der Waals surface area contributed by atoms with Gasteiger partial charge in [0, 0.05) is 30.7 Å². The molecule has 25 heavy (non-hydrogen) atoms. The Morgan fingerprint density at radius 3 is 2.92 bits per heavy atom. The van der Waals surface area contributed by atoms with Crippen LogP contribution in [0.1, 0.15) is 16.9 Å². The van der Waals surface area contributed by atoms with Crippen molar-refractivity contribution in [2.75, 3.05) is 31.6 Å². The van der Waals surface area contributed by atoms with Crippen molar-refractivity contribution in [1.29, 1.82) is 0 Å². The zero-order valence-electron chi connectivity index (χ0n) is 14.5. The van der Waals surface area contributed by atoms with Crippen LogP contribution in [0.2, 0.25) is 0 Å². The van der Waals surface area contributed by atoms with Gasteiger partial charge in [0.2, 0.25) is 5.91 Å². The molecule has 0 unspecified atom stereocenters. The fourth-order valence-electron chi connectivity index (χ4n) is 3.03. The van der Waals surface area contributed by atoms with Crippen molar-refractivity contribution < 1.29 is 4.79 Å². The van der Waals surface area contributed by atoms with E-state index < -0.39 is 0 Å². The number of thiophene rings is 1. The third-order valence-corrected chi connectivity index (χ3v) is 5.22. The lowest BCUT2D eigenvalue weighted by atomic mass is 10.0. The van der Waals surface area contributed by atoms with E-state index in [9.17, 15) is 4.79 Å². The molecule has 0 spiro atoms. The minimum absolute atomic E-state index is 0.0772. The van der Waals surface area contributed by atoms with Gasteiger partial charge in [-0.3, -0.25) is 9.79 Å². The molecule has 132 valence electrons. The van der Waals surface area contributed by atoms with Crippen molar-refractivity contribution in [2.24, 2.45) is 4.99 Å². The summed E-state index contributed by atoms with van der Waals surface area (Å²) in [7, 11) is 1.72. The lowest BCUT2D eigenvalue weighted by Gasteiger charge is -2.29. The molecule has 0 atom stereocenters. The molecule has 2 aromatic rings. The maximum absolute atomic E-state index is 12.6. The average Bonchev–Trinajstić information content (AvgIpc) is 3.17. The highest BCUT2D eigenvalue weighted by molar-refractivity contribution is 7.09. The average molecular weight is 356 g/mol. The highest BCUT2D eigenvalue weighted by Crippen LogP contribution is 2.26. The van der Waals surface area contributed by atoms with Gasteiger partial charge < -0.3 is 15.5 Å². The molecule has 1 aromatic heterocycles. The molecule has 0 saturated carbocycles. The number of aliphatic imine (C=N–C) groups is 1. The zero-order valence-corrected chi connectivity index (χ0v) is 15.3. The van der Waals surface area contributed by atoms with Gasteiger partial charge >= 0.3 is 0 Å². The molecule has 0 radical (unpaired) electrons. The van der Waals surface area contributed by atoms with Crippen LogP contribution in [0.4, 0.5) is 5.69 Å². The van der Waals surface area contributed by atoms with E-state index in [1.807, 2.05) is 23.1 Å². The number of guanidine groups is 1. The maximum atomic E-state index is 12.6. The first-order valence-corrected chi connectivity index (χ1v) is 9.51. The first-order valence-electron chi connectivity index (χ1n) is 8.63. The molecule has 3 rings (SSSR count). The number of nitrogens with zero attached hydrogens (tertiary/aromatic N) is 2. The summed E-state index contributed by atoms with van der Waals surface area (Å²) in [5.41, 5.74) is 2.29. The first kappa shape index (κ1) is 17.5. The van der Waals surface area contributed by atoms with E-state index in [1.54, 1.807) is 18.4 Å². The normalized spacial score (nSPS) is 14.1. The molecule has 5 nitrogen and oxygen atoms in total. The Bertz CT molecular complexity index is 727. The van der Waals surface area contributed by atoms with E-state index in [1.165, 1.54) is 10.4 Å². The molecule has 2 N–H and O–H groups in total. The van der Waals surface area contributed by atoms with Crippen LogP contribution in [0.15, 0.2) is 46.8 Å². The molecular formula is C19H24N4OS. The third kappa shape index (κ3) is 4.60. The molecule has 0 bridgehead atoms. The quantitative estimate of drug-likeness (QED) is 0.639. The predicted octanol–water partition coefficient (Wildman–Crippen LogP) is 2.44. The van der Waals surface area contributed by atoms with Crippen molar-refractivity contribution >= 4 is 28.9 Å². The molecule has 1 amide bonds. The summed E-state index contributed by atoms with van der Waals surface area (Å²) >= 11 is 1.75. The summed E-state index contributed by atoms with van der Waals surface area (Å²) in [4.78, 5) is 20.0. The lowest BCUT2D eigenvalue weighted by Crippen LogP contribution is -2.46. The van der Waals surface area contributed by atoms with Gasteiger partial charge in [0.05, 0.1) is 6.54 Å². The Hall–Kier alpha value is -2.34. The molecule has 1 aliphatic rings. The molecular weight excluding hydrogens is 332 g/mol. The van der Waals surface area contributed by atoms with Crippen molar-refractivity contribution in [3.05, 3.63) is 52.2 Å². The van der Waals surface area contributed by atoms with Crippen molar-refractivity contribution in [2.45, 2.75) is 19.3 Å². The van der Waals surface area contributed by atoms with Crippen LogP contribution >= 0.6 is 11.3 Å². The Labute approximate surface area is 152 Å². The number of fused-ring (bicyclic) bond motifs is 1. The predicted molar refractivity (Wildman–Crippen MR) is 105 cm³/mol. The van der Waals surface area contributed by atoms with Crippen molar-refractivity contribution in [3.63, 3.8) is 0 Å². The van der Waals surface area contributed by atoms with E-state index in [0.717, 1.165) is 38.0 Å². The summed E-state index contributed by atoms with van der Waals surface area (Å²) in [5.74, 6) is 0.739. The lowest BCUT2D eigenvalue weighted by molar-refractivity contribution is -0.117. The summed E-state index contributed by atoms with van der Waals surface area (Å²) in [6, 6.07) is 12.3. The fraction of sp³-hybridized carbons (Fsp3) is 0.368. The number of hydrogen-bond donors (Lipinski definition) is 2. The van der Waals surface area contributed by atoms with E-state index in [0.29, 0.717) is 5.96 Å².